The summed E-state index contributed by atoms with van der Waals surface area (Å²) in [7, 11) is 0. The third kappa shape index (κ3) is 2.15. The van der Waals surface area contributed by atoms with E-state index in [1.807, 2.05) is 6.21 Å². The van der Waals surface area contributed by atoms with Crippen LogP contribution in [0, 0.1) is 17.8 Å². The van der Waals surface area contributed by atoms with Crippen LogP contribution < -0.4 is 11.1 Å². The minimum absolute atomic E-state index is 0.354. The smallest absolute Gasteiger partial charge is 0.252 e. The molecule has 0 spiro atoms. The van der Waals surface area contributed by atoms with E-state index in [1.165, 1.54) is 32.1 Å². The van der Waals surface area contributed by atoms with Gasteiger partial charge < -0.3 is 11.1 Å². The number of amides is 1. The van der Waals surface area contributed by atoms with Gasteiger partial charge in [0.05, 0.1) is 16.9 Å². The van der Waals surface area contributed by atoms with Gasteiger partial charge in [-0.1, -0.05) is 15.9 Å². The second-order valence-electron chi connectivity index (χ2n) is 8.01. The molecule has 6 heteroatoms. The fraction of sp³-hybridized carbons (Fsp3) is 0.611. The second kappa shape index (κ2) is 5.04. The number of halogens is 1. The molecule has 5 atom stereocenters. The zero-order chi connectivity index (χ0) is 16.5. The van der Waals surface area contributed by atoms with Crippen molar-refractivity contribution in [3.8, 4) is 0 Å². The zero-order valence-electron chi connectivity index (χ0n) is 13.5. The third-order valence-corrected chi connectivity index (χ3v) is 7.38. The summed E-state index contributed by atoms with van der Waals surface area (Å²) in [4.78, 5) is 20.7. The zero-order valence-corrected chi connectivity index (χ0v) is 15.1. The molecule has 6 rings (SSSR count). The number of hydrogen-bond donors (Lipinski definition) is 2. The van der Waals surface area contributed by atoms with Crippen molar-refractivity contribution in [3.63, 3.8) is 0 Å². The van der Waals surface area contributed by atoms with E-state index in [9.17, 15) is 4.79 Å². The highest BCUT2D eigenvalue weighted by Crippen LogP contribution is 2.59. The first-order chi connectivity index (χ1) is 11.5. The standard InChI is InChI=1S/C18H21BrN4O/c19-18-5-9-3-10(6-18)14(11(4-9)7-18)23-15-12(17(20)24)8-22-13-1-2-21-16(13)15/h2,8-11,14H,1,3-7H2,(H2,20,24)(H,22,23)/t9?,10-,11+,14?,18?. The van der Waals surface area contributed by atoms with Crippen LogP contribution >= 0.6 is 15.9 Å². The molecule has 1 aromatic rings. The molecule has 3 unspecified atom stereocenters. The van der Waals surface area contributed by atoms with Gasteiger partial charge in [-0.2, -0.15) is 0 Å². The number of pyridine rings is 1. The second-order valence-corrected chi connectivity index (χ2v) is 9.70. The van der Waals surface area contributed by atoms with Gasteiger partial charge in [0.15, 0.2) is 0 Å². The molecule has 0 aromatic carbocycles. The third-order valence-electron chi connectivity index (χ3n) is 6.41. The Morgan fingerprint density at radius 2 is 2.04 bits per heavy atom. The Morgan fingerprint density at radius 1 is 1.29 bits per heavy atom. The first-order valence-electron chi connectivity index (χ1n) is 8.82. The van der Waals surface area contributed by atoms with Crippen LogP contribution in [0.15, 0.2) is 11.2 Å². The molecule has 1 aromatic heterocycles. The van der Waals surface area contributed by atoms with E-state index in [-0.39, 0.29) is 0 Å². The lowest BCUT2D eigenvalue weighted by Gasteiger charge is -2.58. The largest absolute Gasteiger partial charge is 0.379 e. The number of aromatic nitrogens is 1. The molecule has 126 valence electrons. The minimum Gasteiger partial charge on any atom is -0.379 e. The molecular weight excluding hydrogens is 368 g/mol. The molecule has 2 heterocycles. The van der Waals surface area contributed by atoms with Gasteiger partial charge in [-0.25, -0.2) is 0 Å². The van der Waals surface area contributed by atoms with Crippen LogP contribution in [0.3, 0.4) is 0 Å². The molecule has 5 nitrogen and oxygen atoms in total. The number of fused-ring (bicyclic) bond motifs is 1. The first kappa shape index (κ1) is 14.9. The molecular formula is C18H21BrN4O. The molecule has 1 aliphatic heterocycles. The number of nitrogens with zero attached hydrogens (tertiary/aromatic N) is 2. The molecule has 3 N–H and O–H groups in total. The maximum Gasteiger partial charge on any atom is 0.252 e. The topological polar surface area (TPSA) is 80.4 Å². The van der Waals surface area contributed by atoms with E-state index in [4.69, 9.17) is 5.73 Å². The van der Waals surface area contributed by atoms with Crippen LogP contribution in [0.25, 0.3) is 0 Å². The number of aliphatic imine (C=N–C) groups is 1. The van der Waals surface area contributed by atoms with E-state index in [1.54, 1.807) is 6.20 Å². The number of alkyl halides is 1. The predicted octanol–water partition coefficient (Wildman–Crippen LogP) is 3.19. The van der Waals surface area contributed by atoms with Crippen molar-refractivity contribution < 1.29 is 4.79 Å². The monoisotopic (exact) mass is 388 g/mol. The highest BCUT2D eigenvalue weighted by atomic mass is 79.9. The van der Waals surface area contributed by atoms with Crippen molar-refractivity contribution in [1.82, 2.24) is 4.98 Å². The number of rotatable bonds is 3. The van der Waals surface area contributed by atoms with E-state index in [0.29, 0.717) is 27.8 Å². The first-order valence-corrected chi connectivity index (χ1v) is 9.61. The number of hydrogen-bond acceptors (Lipinski definition) is 4. The molecule has 5 aliphatic rings. The average molecular weight is 389 g/mol. The van der Waals surface area contributed by atoms with Crippen molar-refractivity contribution in [2.75, 3.05) is 5.32 Å². The van der Waals surface area contributed by atoms with Crippen LogP contribution in [0.2, 0.25) is 0 Å². The van der Waals surface area contributed by atoms with Crippen LogP contribution in [0.1, 0.15) is 48.2 Å². The summed E-state index contributed by atoms with van der Waals surface area (Å²) in [6.45, 7) is 0. The van der Waals surface area contributed by atoms with E-state index < -0.39 is 5.91 Å². The molecule has 4 fully saturated rings. The van der Waals surface area contributed by atoms with Crippen molar-refractivity contribution in [3.05, 3.63) is 17.5 Å². The van der Waals surface area contributed by atoms with E-state index in [2.05, 4.69) is 31.2 Å². The quantitative estimate of drug-likeness (QED) is 0.780. The van der Waals surface area contributed by atoms with Gasteiger partial charge in [0.25, 0.3) is 5.91 Å². The average Bonchev–Trinajstić information content (AvgIpc) is 2.97. The number of nitrogens with two attached hydrogens (primary N) is 1. The van der Waals surface area contributed by atoms with Gasteiger partial charge in [0, 0.05) is 29.2 Å². The molecule has 0 saturated heterocycles. The Balaban J connectivity index is 1.52. The summed E-state index contributed by atoms with van der Waals surface area (Å²) in [6.07, 6.45) is 10.6. The van der Waals surface area contributed by atoms with Crippen molar-refractivity contribution in [1.29, 1.82) is 0 Å². The number of carbonyl (C=O) groups is 1. The Labute approximate surface area is 149 Å². The van der Waals surface area contributed by atoms with Gasteiger partial charge in [-0.05, 0) is 49.9 Å². The molecule has 24 heavy (non-hydrogen) atoms. The number of carbonyl (C=O) groups excluding carboxylic acids is 1. The number of nitrogens with one attached hydrogen (secondary N) is 1. The molecule has 4 aliphatic carbocycles. The summed E-state index contributed by atoms with van der Waals surface area (Å²) in [5, 5.41) is 3.72. The van der Waals surface area contributed by atoms with Crippen molar-refractivity contribution >= 4 is 39.4 Å². The molecule has 4 saturated carbocycles. The molecule has 4 bridgehead atoms. The Bertz CT molecular complexity index is 746. The van der Waals surface area contributed by atoms with E-state index in [0.717, 1.165) is 29.4 Å². The van der Waals surface area contributed by atoms with Gasteiger partial charge in [0.2, 0.25) is 0 Å². The number of primary amides is 1. The minimum atomic E-state index is -0.435. The van der Waals surface area contributed by atoms with Gasteiger partial charge >= 0.3 is 0 Å². The Hall–Kier alpha value is -1.43. The maximum absolute atomic E-state index is 11.9. The van der Waals surface area contributed by atoms with Gasteiger partial charge in [-0.15, -0.1) is 0 Å². The molecule has 1 amide bonds. The van der Waals surface area contributed by atoms with Gasteiger partial charge in [-0.3, -0.25) is 14.8 Å². The van der Waals surface area contributed by atoms with Crippen LogP contribution in [0.4, 0.5) is 11.4 Å². The van der Waals surface area contributed by atoms with Crippen LogP contribution in [-0.2, 0) is 6.42 Å². The fourth-order valence-corrected chi connectivity index (χ4v) is 7.00. The SMILES string of the molecule is NC(=O)c1cnc2c(c1NC1[C@@H]3CC4C[C@H]1CC(Br)(C4)C3)N=CC2. The summed E-state index contributed by atoms with van der Waals surface area (Å²) >= 11 is 4.02. The lowest BCUT2D eigenvalue weighted by molar-refractivity contribution is 0.0280. The summed E-state index contributed by atoms with van der Waals surface area (Å²) < 4.78 is 0.354. The summed E-state index contributed by atoms with van der Waals surface area (Å²) in [5.74, 6) is 1.74. The fourth-order valence-electron chi connectivity index (χ4n) is 5.71. The lowest BCUT2D eigenvalue weighted by Crippen LogP contribution is -2.56. The molecule has 0 radical (unpaired) electrons. The van der Waals surface area contributed by atoms with Crippen LogP contribution in [-0.4, -0.2) is 27.5 Å². The highest BCUT2D eigenvalue weighted by Gasteiger charge is 2.54. The Morgan fingerprint density at radius 3 is 2.71 bits per heavy atom. The van der Waals surface area contributed by atoms with Crippen LogP contribution in [0.5, 0.6) is 0 Å². The highest BCUT2D eigenvalue weighted by molar-refractivity contribution is 9.10. The van der Waals surface area contributed by atoms with Crippen molar-refractivity contribution in [2.45, 2.75) is 48.9 Å². The van der Waals surface area contributed by atoms with Gasteiger partial charge in [0.1, 0.15) is 5.69 Å². The predicted molar refractivity (Wildman–Crippen MR) is 97.2 cm³/mol. The maximum atomic E-state index is 11.9. The normalized spacial score (nSPS) is 38.4. The number of anilines is 1. The summed E-state index contributed by atoms with van der Waals surface area (Å²) in [6, 6.07) is 0.410. The Kier molecular flexibility index (Phi) is 3.12. The lowest BCUT2D eigenvalue weighted by atomic mass is 9.54. The summed E-state index contributed by atoms with van der Waals surface area (Å²) in [5.41, 5.74) is 8.62. The van der Waals surface area contributed by atoms with E-state index >= 15 is 0 Å². The van der Waals surface area contributed by atoms with Crippen molar-refractivity contribution in [2.24, 2.45) is 28.5 Å².